The minimum Gasteiger partial charge on any atom is -0.486 e. The molecular weight excluding hydrogens is 474 g/mol. The Morgan fingerprint density at radius 1 is 1.06 bits per heavy atom. The highest BCUT2D eigenvalue weighted by Gasteiger charge is 2.21. The second kappa shape index (κ2) is 9.11. The van der Waals surface area contributed by atoms with Crippen LogP contribution in [-0.2, 0) is 10.0 Å². The van der Waals surface area contributed by atoms with Crippen LogP contribution in [-0.4, -0.2) is 51.9 Å². The molecule has 1 saturated heterocycles. The first-order valence-electron chi connectivity index (χ1n) is 10.9. The quantitative estimate of drug-likeness (QED) is 0.566. The standard InChI is InChI=1S/C24H23N3O5S2/c1-27-11-3-6-23(27)26-34(29,30)18-5-2-4-17(15-18)25-24(28)22-10-9-21(33-22)16-7-8-19-20(14-16)32-13-12-31-19/h2,4-5,7-10,14-15H,3,6,11-13H2,1H3,(H,25,28)/b26-23+. The van der Waals surface area contributed by atoms with E-state index in [0.29, 0.717) is 47.5 Å². The Labute approximate surface area is 201 Å². The second-order valence-corrected chi connectivity index (χ2v) is 10.7. The van der Waals surface area contributed by atoms with Crippen LogP contribution in [0.5, 0.6) is 11.5 Å². The second-order valence-electron chi connectivity index (χ2n) is 8.01. The first kappa shape index (κ1) is 22.4. The topological polar surface area (TPSA) is 97.3 Å². The minimum atomic E-state index is -3.86. The molecule has 0 unspecified atom stereocenters. The number of nitrogens with zero attached hydrogens (tertiary/aromatic N) is 2. The maximum atomic E-state index is 12.8. The lowest BCUT2D eigenvalue weighted by molar-refractivity contribution is 0.103. The predicted octanol–water partition coefficient (Wildman–Crippen LogP) is 4.25. The van der Waals surface area contributed by atoms with Crippen molar-refractivity contribution in [2.75, 3.05) is 32.1 Å². The van der Waals surface area contributed by atoms with E-state index in [4.69, 9.17) is 9.47 Å². The number of carbonyl (C=O) groups excluding carboxylic acids is 1. The summed E-state index contributed by atoms with van der Waals surface area (Å²) < 4.78 is 40.7. The number of amides is 1. The summed E-state index contributed by atoms with van der Waals surface area (Å²) in [5.41, 5.74) is 1.32. The lowest BCUT2D eigenvalue weighted by Gasteiger charge is -2.18. The number of amidine groups is 1. The highest BCUT2D eigenvalue weighted by molar-refractivity contribution is 7.90. The van der Waals surface area contributed by atoms with Gasteiger partial charge in [-0.3, -0.25) is 4.79 Å². The third-order valence-electron chi connectivity index (χ3n) is 5.61. The number of benzene rings is 2. The molecule has 5 rings (SSSR count). The van der Waals surface area contributed by atoms with Crippen molar-refractivity contribution in [1.29, 1.82) is 0 Å². The van der Waals surface area contributed by atoms with Crippen LogP contribution in [0.2, 0.25) is 0 Å². The molecule has 1 amide bonds. The van der Waals surface area contributed by atoms with Crippen LogP contribution in [0.4, 0.5) is 5.69 Å². The van der Waals surface area contributed by atoms with Crippen molar-refractivity contribution >= 4 is 38.8 Å². The summed E-state index contributed by atoms with van der Waals surface area (Å²) in [6, 6.07) is 15.5. The Morgan fingerprint density at radius 3 is 2.68 bits per heavy atom. The zero-order chi connectivity index (χ0) is 23.7. The van der Waals surface area contributed by atoms with E-state index in [2.05, 4.69) is 9.71 Å². The molecule has 10 heteroatoms. The van der Waals surface area contributed by atoms with E-state index in [0.717, 1.165) is 23.4 Å². The van der Waals surface area contributed by atoms with Gasteiger partial charge in [0.15, 0.2) is 11.5 Å². The maximum absolute atomic E-state index is 12.8. The molecule has 176 valence electrons. The summed E-state index contributed by atoms with van der Waals surface area (Å²) in [6.07, 6.45) is 1.52. The summed E-state index contributed by atoms with van der Waals surface area (Å²) in [4.78, 5) is 16.2. The van der Waals surface area contributed by atoms with Crippen LogP contribution >= 0.6 is 11.3 Å². The Kier molecular flexibility index (Phi) is 6.01. The molecule has 34 heavy (non-hydrogen) atoms. The van der Waals surface area contributed by atoms with Crippen molar-refractivity contribution in [2.45, 2.75) is 17.7 Å². The molecular formula is C24H23N3O5S2. The summed E-state index contributed by atoms with van der Waals surface area (Å²) in [5.74, 6) is 1.64. The van der Waals surface area contributed by atoms with Crippen molar-refractivity contribution in [3.05, 3.63) is 59.5 Å². The van der Waals surface area contributed by atoms with Gasteiger partial charge in [0, 0.05) is 30.6 Å². The lowest BCUT2D eigenvalue weighted by atomic mass is 10.1. The summed E-state index contributed by atoms with van der Waals surface area (Å²) in [7, 11) is -2.03. The van der Waals surface area contributed by atoms with E-state index >= 15 is 0 Å². The molecule has 0 aliphatic carbocycles. The predicted molar refractivity (Wildman–Crippen MR) is 132 cm³/mol. The van der Waals surface area contributed by atoms with Crippen LogP contribution in [0.3, 0.4) is 0 Å². The van der Waals surface area contributed by atoms with E-state index in [9.17, 15) is 13.2 Å². The maximum Gasteiger partial charge on any atom is 0.284 e. The van der Waals surface area contributed by atoms with Crippen molar-refractivity contribution in [1.82, 2.24) is 4.90 Å². The van der Waals surface area contributed by atoms with Gasteiger partial charge in [0.25, 0.3) is 15.9 Å². The number of nitrogens with one attached hydrogen (secondary N) is 1. The molecule has 0 atom stereocenters. The van der Waals surface area contributed by atoms with Gasteiger partial charge in [-0.05, 0) is 60.5 Å². The van der Waals surface area contributed by atoms with Gasteiger partial charge in [0.05, 0.1) is 9.77 Å². The van der Waals surface area contributed by atoms with E-state index < -0.39 is 10.0 Å². The van der Waals surface area contributed by atoms with Crippen LogP contribution in [0.15, 0.2) is 63.9 Å². The zero-order valence-electron chi connectivity index (χ0n) is 18.5. The van der Waals surface area contributed by atoms with Gasteiger partial charge in [-0.1, -0.05) is 6.07 Å². The summed E-state index contributed by atoms with van der Waals surface area (Å²) in [5, 5.41) is 2.79. The molecule has 1 fully saturated rings. The van der Waals surface area contributed by atoms with Gasteiger partial charge in [-0.25, -0.2) is 0 Å². The molecule has 1 N–H and O–H groups in total. The Bertz CT molecular complexity index is 1380. The van der Waals surface area contributed by atoms with E-state index in [1.54, 1.807) is 18.2 Å². The molecule has 0 radical (unpaired) electrons. The molecule has 3 heterocycles. The Hall–Kier alpha value is -3.37. The van der Waals surface area contributed by atoms with Crippen LogP contribution in [0.1, 0.15) is 22.5 Å². The van der Waals surface area contributed by atoms with Crippen LogP contribution in [0, 0.1) is 0 Å². The summed E-state index contributed by atoms with van der Waals surface area (Å²) >= 11 is 1.34. The number of hydrogen-bond donors (Lipinski definition) is 1. The number of ether oxygens (including phenoxy) is 2. The van der Waals surface area contributed by atoms with Gasteiger partial charge < -0.3 is 19.7 Å². The van der Waals surface area contributed by atoms with Crippen molar-refractivity contribution in [3.63, 3.8) is 0 Å². The Balaban J connectivity index is 1.32. The number of hydrogen-bond acceptors (Lipinski definition) is 6. The molecule has 0 bridgehead atoms. The number of rotatable bonds is 5. The smallest absolute Gasteiger partial charge is 0.284 e. The number of carbonyl (C=O) groups is 1. The van der Waals surface area contributed by atoms with Crippen LogP contribution < -0.4 is 14.8 Å². The fourth-order valence-corrected chi connectivity index (χ4v) is 5.88. The molecule has 3 aromatic rings. The van der Waals surface area contributed by atoms with Gasteiger partial charge in [0.1, 0.15) is 19.0 Å². The van der Waals surface area contributed by atoms with E-state index in [-0.39, 0.29) is 10.8 Å². The lowest BCUT2D eigenvalue weighted by Crippen LogP contribution is -2.20. The average Bonchev–Trinajstić information content (AvgIpc) is 3.48. The normalized spacial score (nSPS) is 16.6. The van der Waals surface area contributed by atoms with Gasteiger partial charge >= 0.3 is 0 Å². The highest BCUT2D eigenvalue weighted by atomic mass is 32.2. The monoisotopic (exact) mass is 497 g/mol. The highest BCUT2D eigenvalue weighted by Crippen LogP contribution is 2.37. The average molecular weight is 498 g/mol. The first-order chi connectivity index (χ1) is 16.4. The molecule has 0 saturated carbocycles. The minimum absolute atomic E-state index is 0.0428. The van der Waals surface area contributed by atoms with Gasteiger partial charge in [-0.2, -0.15) is 8.42 Å². The van der Waals surface area contributed by atoms with E-state index in [1.807, 2.05) is 36.2 Å². The van der Waals surface area contributed by atoms with Gasteiger partial charge in [0.2, 0.25) is 0 Å². The number of thiophene rings is 1. The Morgan fingerprint density at radius 2 is 1.88 bits per heavy atom. The third kappa shape index (κ3) is 4.64. The van der Waals surface area contributed by atoms with Crippen molar-refractivity contribution < 1.29 is 22.7 Å². The number of likely N-dealkylation sites (tertiary alicyclic amines) is 1. The summed E-state index contributed by atoms with van der Waals surface area (Å²) in [6.45, 7) is 1.83. The molecule has 2 aliphatic heterocycles. The fourth-order valence-electron chi connectivity index (χ4n) is 3.84. The molecule has 2 aromatic carbocycles. The molecule has 2 aliphatic rings. The molecule has 8 nitrogen and oxygen atoms in total. The van der Waals surface area contributed by atoms with Crippen LogP contribution in [0.25, 0.3) is 10.4 Å². The first-order valence-corrected chi connectivity index (χ1v) is 13.1. The van der Waals surface area contributed by atoms with Gasteiger partial charge in [-0.15, -0.1) is 15.7 Å². The number of sulfonamides is 1. The number of anilines is 1. The molecule has 1 aromatic heterocycles. The number of fused-ring (bicyclic) bond motifs is 1. The molecule has 0 spiro atoms. The van der Waals surface area contributed by atoms with Crippen molar-refractivity contribution in [2.24, 2.45) is 4.40 Å². The largest absolute Gasteiger partial charge is 0.486 e. The SMILES string of the molecule is CN1CCC/C1=N\S(=O)(=O)c1cccc(NC(=O)c2ccc(-c3ccc4c(c3)OCCO4)s2)c1. The fraction of sp³-hybridized carbons (Fsp3) is 0.250. The van der Waals surface area contributed by atoms with E-state index in [1.165, 1.54) is 23.5 Å². The van der Waals surface area contributed by atoms with Crippen molar-refractivity contribution in [3.8, 4) is 21.9 Å². The zero-order valence-corrected chi connectivity index (χ0v) is 20.1. The third-order valence-corrected chi connectivity index (χ3v) is 8.04.